The van der Waals surface area contributed by atoms with Gasteiger partial charge in [0.05, 0.1) is 33.1 Å². The van der Waals surface area contributed by atoms with E-state index in [9.17, 15) is 13.7 Å². The number of rotatable bonds is 1. The molecule has 4 rings (SSSR count). The second-order valence-corrected chi connectivity index (χ2v) is 7.74. The molecule has 4 nitrogen and oxygen atoms in total. The quantitative estimate of drug-likeness (QED) is 0.868. The van der Waals surface area contributed by atoms with Gasteiger partial charge in [-0.3, -0.25) is 0 Å². The lowest BCUT2D eigenvalue weighted by Crippen LogP contribution is -2.24. The van der Waals surface area contributed by atoms with Crippen LogP contribution in [-0.4, -0.2) is 8.42 Å². The summed E-state index contributed by atoms with van der Waals surface area (Å²) in [5.74, 6) is -0.579. The third-order valence-corrected chi connectivity index (χ3v) is 6.46. The molecule has 0 spiro atoms. The molecule has 2 heterocycles. The van der Waals surface area contributed by atoms with Crippen LogP contribution in [0.4, 0.5) is 0 Å². The minimum atomic E-state index is -3.64. The fourth-order valence-electron chi connectivity index (χ4n) is 3.44. The predicted molar refractivity (Wildman–Crippen MR) is 91.2 cm³/mol. The van der Waals surface area contributed by atoms with Crippen molar-refractivity contribution in [3.8, 4) is 6.07 Å². The number of nitrogens with one attached hydrogen (secondary N) is 1. The van der Waals surface area contributed by atoms with Crippen molar-refractivity contribution in [1.29, 1.82) is 5.26 Å². The Hall–Kier alpha value is -2.84. The fourth-order valence-corrected chi connectivity index (χ4v) is 5.38. The smallest absolute Gasteiger partial charge is 0.206 e. The number of hydrogen-bond donors (Lipinski definition) is 1. The largest absolute Gasteiger partial charge is 0.357 e. The van der Waals surface area contributed by atoms with Crippen LogP contribution in [0.15, 0.2) is 75.7 Å². The van der Waals surface area contributed by atoms with Gasteiger partial charge in [-0.15, -0.1) is 0 Å². The molecule has 1 N–H and O–H groups in total. The first-order valence-corrected chi connectivity index (χ1v) is 9.05. The Morgan fingerprint density at radius 3 is 2.42 bits per heavy atom. The van der Waals surface area contributed by atoms with Crippen molar-refractivity contribution in [2.45, 2.75) is 17.7 Å². The zero-order valence-corrected chi connectivity index (χ0v) is 13.8. The lowest BCUT2D eigenvalue weighted by molar-refractivity contribution is 0.600. The van der Waals surface area contributed by atoms with E-state index in [1.165, 1.54) is 0 Å². The highest BCUT2D eigenvalue weighted by atomic mass is 32.2. The molecule has 118 valence electrons. The summed E-state index contributed by atoms with van der Waals surface area (Å²) in [5.41, 5.74) is 3.20. The van der Waals surface area contributed by atoms with Crippen LogP contribution in [0.1, 0.15) is 24.0 Å². The fraction of sp³-hybridized carbons (Fsp3) is 0.105. The van der Waals surface area contributed by atoms with Crippen LogP contribution in [0.3, 0.4) is 0 Å². The average molecular weight is 334 g/mol. The van der Waals surface area contributed by atoms with Gasteiger partial charge in [0.1, 0.15) is 0 Å². The Balaban J connectivity index is 2.04. The molecule has 24 heavy (non-hydrogen) atoms. The molecule has 0 bridgehead atoms. The monoisotopic (exact) mass is 334 g/mol. The number of benzene rings is 2. The molecule has 5 heteroatoms. The summed E-state index contributed by atoms with van der Waals surface area (Å²) in [7, 11) is -3.64. The number of hydrogen-bond acceptors (Lipinski definition) is 4. The van der Waals surface area contributed by atoms with Crippen LogP contribution < -0.4 is 5.32 Å². The predicted octanol–water partition coefficient (Wildman–Crippen LogP) is 3.33. The standard InChI is InChI=1S/C19H14N2O2S/c1-12-15(11-20)17(13-7-3-2-4-8-13)19-18(21-12)14-9-5-6-10-16(14)24(19,22)23/h2-10,17,21H,1H3. The normalized spacial score (nSPS) is 20.9. The van der Waals surface area contributed by atoms with Crippen LogP contribution in [0.25, 0.3) is 5.70 Å². The molecule has 2 aromatic carbocycles. The molecular weight excluding hydrogens is 320 g/mol. The SMILES string of the molecule is CC1=C(C#N)C(c2ccccc2)C2=C(N1)c1ccccc1S2(=O)=O. The number of fused-ring (bicyclic) bond motifs is 2. The molecular formula is C19H14N2O2S. The van der Waals surface area contributed by atoms with Gasteiger partial charge < -0.3 is 5.32 Å². The third kappa shape index (κ3) is 1.87. The molecule has 0 radical (unpaired) electrons. The molecule has 0 amide bonds. The van der Waals surface area contributed by atoms with Gasteiger partial charge in [0.2, 0.25) is 9.84 Å². The molecule has 2 aliphatic rings. The first-order chi connectivity index (χ1) is 11.6. The van der Waals surface area contributed by atoms with E-state index in [2.05, 4.69) is 11.4 Å². The van der Waals surface area contributed by atoms with Crippen LogP contribution >= 0.6 is 0 Å². The number of nitrogens with zero attached hydrogens (tertiary/aromatic N) is 1. The molecule has 2 aromatic rings. The van der Waals surface area contributed by atoms with Crippen LogP contribution in [0.5, 0.6) is 0 Å². The van der Waals surface area contributed by atoms with E-state index in [1.54, 1.807) is 18.2 Å². The summed E-state index contributed by atoms with van der Waals surface area (Å²) >= 11 is 0. The maximum absolute atomic E-state index is 13.1. The maximum atomic E-state index is 13.1. The Bertz CT molecular complexity index is 1060. The summed E-state index contributed by atoms with van der Waals surface area (Å²) in [6.07, 6.45) is 0. The summed E-state index contributed by atoms with van der Waals surface area (Å²) in [5, 5.41) is 12.8. The van der Waals surface area contributed by atoms with Gasteiger partial charge in [0, 0.05) is 11.3 Å². The molecule has 0 aliphatic carbocycles. The third-order valence-electron chi connectivity index (χ3n) is 4.50. The lowest BCUT2D eigenvalue weighted by atomic mass is 9.86. The highest BCUT2D eigenvalue weighted by Gasteiger charge is 2.44. The molecule has 0 aromatic heterocycles. The molecule has 2 aliphatic heterocycles. The van der Waals surface area contributed by atoms with Gasteiger partial charge in [0.25, 0.3) is 0 Å². The van der Waals surface area contributed by atoms with E-state index in [0.717, 1.165) is 5.56 Å². The Morgan fingerprint density at radius 2 is 1.71 bits per heavy atom. The van der Waals surface area contributed by atoms with Gasteiger partial charge in [0.15, 0.2) is 0 Å². The average Bonchev–Trinajstić information content (AvgIpc) is 2.82. The molecule has 0 fully saturated rings. The zero-order valence-electron chi connectivity index (χ0n) is 12.9. The van der Waals surface area contributed by atoms with Crippen molar-refractivity contribution in [2.24, 2.45) is 0 Å². The van der Waals surface area contributed by atoms with Gasteiger partial charge in [-0.05, 0) is 18.6 Å². The van der Waals surface area contributed by atoms with Crippen molar-refractivity contribution in [3.05, 3.63) is 81.9 Å². The molecule has 1 unspecified atom stereocenters. The molecule has 1 atom stereocenters. The Morgan fingerprint density at radius 1 is 1.04 bits per heavy atom. The van der Waals surface area contributed by atoms with Crippen molar-refractivity contribution in [3.63, 3.8) is 0 Å². The van der Waals surface area contributed by atoms with Crippen molar-refractivity contribution in [2.75, 3.05) is 0 Å². The number of nitriles is 1. The van der Waals surface area contributed by atoms with E-state index in [-0.39, 0.29) is 4.91 Å². The van der Waals surface area contributed by atoms with E-state index >= 15 is 0 Å². The number of sulfone groups is 1. The number of allylic oxidation sites excluding steroid dienone is 3. The molecule has 0 saturated carbocycles. The second kappa shape index (κ2) is 5.08. The summed E-state index contributed by atoms with van der Waals surface area (Å²) in [6.45, 7) is 1.81. The topological polar surface area (TPSA) is 70.0 Å². The lowest BCUT2D eigenvalue weighted by Gasteiger charge is -2.26. The highest BCUT2D eigenvalue weighted by Crippen LogP contribution is 2.49. The van der Waals surface area contributed by atoms with E-state index in [1.807, 2.05) is 43.3 Å². The van der Waals surface area contributed by atoms with Gasteiger partial charge in [-0.1, -0.05) is 48.5 Å². The van der Waals surface area contributed by atoms with E-state index in [4.69, 9.17) is 0 Å². The van der Waals surface area contributed by atoms with E-state index in [0.29, 0.717) is 27.4 Å². The van der Waals surface area contributed by atoms with Crippen LogP contribution in [0.2, 0.25) is 0 Å². The van der Waals surface area contributed by atoms with Gasteiger partial charge in [-0.2, -0.15) is 5.26 Å². The van der Waals surface area contributed by atoms with Crippen molar-refractivity contribution < 1.29 is 8.42 Å². The van der Waals surface area contributed by atoms with Crippen LogP contribution in [-0.2, 0) is 9.84 Å². The van der Waals surface area contributed by atoms with E-state index < -0.39 is 15.8 Å². The minimum Gasteiger partial charge on any atom is -0.357 e. The zero-order chi connectivity index (χ0) is 16.9. The summed E-state index contributed by atoms with van der Waals surface area (Å²) in [4.78, 5) is 0.576. The van der Waals surface area contributed by atoms with Gasteiger partial charge >= 0.3 is 0 Å². The molecule has 0 saturated heterocycles. The first-order valence-electron chi connectivity index (χ1n) is 7.57. The second-order valence-electron chi connectivity index (χ2n) is 5.86. The number of dihydropyridines is 1. The Kier molecular flexibility index (Phi) is 3.12. The summed E-state index contributed by atoms with van der Waals surface area (Å²) in [6, 6.07) is 18.5. The highest BCUT2D eigenvalue weighted by molar-refractivity contribution is 7.96. The van der Waals surface area contributed by atoms with Crippen molar-refractivity contribution >= 4 is 15.5 Å². The maximum Gasteiger partial charge on any atom is 0.206 e. The summed E-state index contributed by atoms with van der Waals surface area (Å²) < 4.78 is 26.3. The van der Waals surface area contributed by atoms with Gasteiger partial charge in [-0.25, -0.2) is 8.42 Å². The first kappa shape index (κ1) is 14.7. The van der Waals surface area contributed by atoms with Crippen molar-refractivity contribution in [1.82, 2.24) is 5.32 Å². The van der Waals surface area contributed by atoms with Crippen LogP contribution in [0, 0.1) is 11.3 Å². The Labute approximate surface area is 140 Å². The minimum absolute atomic E-state index is 0.275.